The maximum Gasteiger partial charge on any atom is 0.471 e. The van der Waals surface area contributed by atoms with E-state index in [-0.39, 0.29) is 50.5 Å². The Labute approximate surface area is 204 Å². The molecule has 2 aromatic carbocycles. The summed E-state index contributed by atoms with van der Waals surface area (Å²) in [4.78, 5) is 27.0. The lowest BCUT2D eigenvalue weighted by Gasteiger charge is -2.37. The van der Waals surface area contributed by atoms with Crippen molar-refractivity contribution in [2.75, 3.05) is 17.3 Å². The van der Waals surface area contributed by atoms with Crippen molar-refractivity contribution in [3.05, 3.63) is 63.3 Å². The number of carbonyl (C=O) groups excluding carboxylic acids is 2. The molecule has 1 amide bonds. The number of hydrogen-bond donors (Lipinski definition) is 1. The molecule has 1 heterocycles. The Morgan fingerprint density at radius 3 is 2.50 bits per heavy atom. The van der Waals surface area contributed by atoms with E-state index >= 15 is 0 Å². The maximum atomic E-state index is 13.9. The van der Waals surface area contributed by atoms with Gasteiger partial charge < -0.3 is 10.1 Å². The van der Waals surface area contributed by atoms with Gasteiger partial charge >= 0.3 is 12.1 Å². The molecule has 0 spiro atoms. The van der Waals surface area contributed by atoms with Gasteiger partial charge in [-0.25, -0.2) is 0 Å². The van der Waals surface area contributed by atoms with Gasteiger partial charge in [-0.15, -0.1) is 0 Å². The molecule has 180 valence electrons. The molecule has 2 aliphatic rings. The number of allylic oxidation sites excluding steroid dienone is 1. The van der Waals surface area contributed by atoms with E-state index in [0.717, 1.165) is 0 Å². The lowest BCUT2D eigenvalue weighted by molar-refractivity contribution is -0.170. The number of benzene rings is 2. The third kappa shape index (κ3) is 4.25. The first-order chi connectivity index (χ1) is 15.8. The number of alkyl halides is 3. The molecule has 0 saturated carbocycles. The van der Waals surface area contributed by atoms with Crippen molar-refractivity contribution in [3.8, 4) is 5.75 Å². The first kappa shape index (κ1) is 24.4. The zero-order valence-corrected chi connectivity index (χ0v) is 20.0. The highest BCUT2D eigenvalue weighted by molar-refractivity contribution is 6.35. The fraction of sp³-hybridized carbons (Fsp3) is 0.333. The topological polar surface area (TPSA) is 58.6 Å². The lowest BCUT2D eigenvalue weighted by Crippen LogP contribution is -2.45. The fourth-order valence-corrected chi connectivity index (χ4v) is 5.23. The molecular weight excluding hydrogens is 492 g/mol. The number of ketones is 1. The van der Waals surface area contributed by atoms with Crippen LogP contribution in [0.5, 0.6) is 5.75 Å². The summed E-state index contributed by atoms with van der Waals surface area (Å²) in [5.74, 6) is -2.48. The van der Waals surface area contributed by atoms with Crippen molar-refractivity contribution >= 4 is 46.3 Å². The Morgan fingerprint density at radius 2 is 1.85 bits per heavy atom. The van der Waals surface area contributed by atoms with E-state index < -0.39 is 23.5 Å². The first-order valence-corrected chi connectivity index (χ1v) is 11.2. The van der Waals surface area contributed by atoms with Crippen LogP contribution in [-0.2, 0) is 9.59 Å². The average molecular weight is 513 g/mol. The quantitative estimate of drug-likeness (QED) is 0.485. The number of nitrogens with zero attached hydrogens (tertiary/aromatic N) is 1. The lowest BCUT2D eigenvalue weighted by atomic mass is 9.73. The van der Waals surface area contributed by atoms with Crippen molar-refractivity contribution < 1.29 is 27.5 Å². The molecule has 2 aromatic rings. The van der Waals surface area contributed by atoms with Crippen LogP contribution in [0.4, 0.5) is 24.5 Å². The van der Waals surface area contributed by atoms with Gasteiger partial charge in [0, 0.05) is 28.3 Å². The molecule has 10 heteroatoms. The van der Waals surface area contributed by atoms with Crippen LogP contribution in [0, 0.1) is 5.41 Å². The van der Waals surface area contributed by atoms with Gasteiger partial charge in [-0.05, 0) is 36.1 Å². The van der Waals surface area contributed by atoms with Crippen LogP contribution in [0.1, 0.15) is 38.3 Å². The Hall–Kier alpha value is -2.71. The molecule has 1 N–H and O–H groups in total. The van der Waals surface area contributed by atoms with Gasteiger partial charge in [-0.3, -0.25) is 14.5 Å². The van der Waals surface area contributed by atoms with Crippen molar-refractivity contribution in [1.82, 2.24) is 0 Å². The van der Waals surface area contributed by atoms with Gasteiger partial charge in [-0.1, -0.05) is 49.2 Å². The number of Topliss-reactive ketones (excluding diaryl/α,β-unsaturated/α-hetero) is 1. The monoisotopic (exact) mass is 512 g/mol. The molecule has 5 nitrogen and oxygen atoms in total. The number of ether oxygens (including phenoxy) is 1. The molecule has 0 aromatic heterocycles. The summed E-state index contributed by atoms with van der Waals surface area (Å²) >= 11 is 12.5. The molecule has 0 radical (unpaired) electrons. The molecule has 4 rings (SSSR count). The summed E-state index contributed by atoms with van der Waals surface area (Å²) in [5.41, 5.74) is 0.359. The van der Waals surface area contributed by atoms with Crippen molar-refractivity contribution in [1.29, 1.82) is 0 Å². The van der Waals surface area contributed by atoms with Crippen molar-refractivity contribution in [2.24, 2.45) is 5.41 Å². The SMILES string of the molecule is COc1c(Cl)cc(Cl)cc1[C@@H]1C2=C(CC(C)(C)CC2=O)Nc2ccccc2N1C(=O)C(F)(F)F. The molecule has 0 fully saturated rings. The number of fused-ring (bicyclic) bond motifs is 1. The van der Waals surface area contributed by atoms with Gasteiger partial charge in [0.1, 0.15) is 5.75 Å². The second-order valence-electron chi connectivity index (χ2n) is 9.06. The number of hydrogen-bond acceptors (Lipinski definition) is 4. The highest BCUT2D eigenvalue weighted by Crippen LogP contribution is 2.51. The van der Waals surface area contributed by atoms with Gasteiger partial charge in [0.25, 0.3) is 0 Å². The van der Waals surface area contributed by atoms with E-state index in [1.807, 2.05) is 13.8 Å². The minimum Gasteiger partial charge on any atom is -0.495 e. The first-order valence-electron chi connectivity index (χ1n) is 10.4. The van der Waals surface area contributed by atoms with Crippen molar-refractivity contribution in [2.45, 2.75) is 38.9 Å². The van der Waals surface area contributed by atoms with E-state index in [2.05, 4.69) is 5.32 Å². The van der Waals surface area contributed by atoms with E-state index in [4.69, 9.17) is 27.9 Å². The smallest absolute Gasteiger partial charge is 0.471 e. The number of methoxy groups -OCH3 is 1. The van der Waals surface area contributed by atoms with Crippen LogP contribution in [0.15, 0.2) is 47.7 Å². The second kappa shape index (κ2) is 8.50. The van der Waals surface area contributed by atoms with Gasteiger partial charge in [-0.2, -0.15) is 13.2 Å². The average Bonchev–Trinajstić information content (AvgIpc) is 2.85. The Bertz CT molecular complexity index is 1220. The van der Waals surface area contributed by atoms with Crippen molar-refractivity contribution in [3.63, 3.8) is 0 Å². The van der Waals surface area contributed by atoms with Crippen LogP contribution < -0.4 is 15.0 Å². The van der Waals surface area contributed by atoms with E-state index in [0.29, 0.717) is 17.0 Å². The largest absolute Gasteiger partial charge is 0.495 e. The summed E-state index contributed by atoms with van der Waals surface area (Å²) in [6, 6.07) is 7.39. The molecule has 0 saturated heterocycles. The normalized spacial score (nSPS) is 19.7. The Morgan fingerprint density at radius 1 is 1.18 bits per heavy atom. The van der Waals surface area contributed by atoms with E-state index in [9.17, 15) is 22.8 Å². The molecule has 34 heavy (non-hydrogen) atoms. The Kier molecular flexibility index (Phi) is 6.10. The number of carbonyl (C=O) groups is 2. The highest BCUT2D eigenvalue weighted by atomic mass is 35.5. The predicted octanol–water partition coefficient (Wildman–Crippen LogP) is 6.71. The standard InChI is InChI=1S/C24H21Cl2F3N2O3/c1-23(2)10-16-19(18(32)11-23)20(13-8-12(25)9-14(26)21(13)34-3)31(22(33)24(27,28)29)17-7-5-4-6-15(17)30-16/h4-9,20,30H,10-11H2,1-3H3/t20-/m1/s1. The zero-order chi connectivity index (χ0) is 25.0. The van der Waals surface area contributed by atoms with Crippen LogP contribution >= 0.6 is 23.2 Å². The fourth-order valence-electron chi connectivity index (χ4n) is 4.64. The van der Waals surface area contributed by atoms with Crippen LogP contribution in [0.3, 0.4) is 0 Å². The molecule has 0 unspecified atom stereocenters. The number of rotatable bonds is 2. The summed E-state index contributed by atoms with van der Waals surface area (Å²) in [7, 11) is 1.30. The molecule has 1 aliphatic heterocycles. The highest BCUT2D eigenvalue weighted by Gasteiger charge is 2.51. The number of para-hydroxylation sites is 2. The molecule has 0 bridgehead atoms. The second-order valence-corrected chi connectivity index (χ2v) is 9.90. The summed E-state index contributed by atoms with van der Waals surface area (Å²) in [6.45, 7) is 3.80. The Balaban J connectivity index is 2.12. The summed E-state index contributed by atoms with van der Waals surface area (Å²) < 4.78 is 47.2. The number of amides is 1. The zero-order valence-electron chi connectivity index (χ0n) is 18.5. The minimum atomic E-state index is -5.22. The third-order valence-corrected chi connectivity index (χ3v) is 6.40. The third-order valence-electron chi connectivity index (χ3n) is 5.90. The van der Waals surface area contributed by atoms with Gasteiger partial charge in [0.2, 0.25) is 0 Å². The minimum absolute atomic E-state index is 0.0277. The van der Waals surface area contributed by atoms with E-state index in [1.165, 1.54) is 31.4 Å². The maximum absolute atomic E-state index is 13.9. The predicted molar refractivity (Wildman–Crippen MR) is 124 cm³/mol. The number of anilines is 2. The molecular formula is C24H21Cl2F3N2O3. The number of halogens is 5. The van der Waals surface area contributed by atoms with Gasteiger partial charge in [0.05, 0.1) is 29.5 Å². The van der Waals surface area contributed by atoms with Gasteiger partial charge in [0.15, 0.2) is 5.78 Å². The van der Waals surface area contributed by atoms with Crippen LogP contribution in [0.25, 0.3) is 0 Å². The molecule has 1 atom stereocenters. The number of nitrogens with one attached hydrogen (secondary N) is 1. The van der Waals surface area contributed by atoms with Crippen LogP contribution in [0.2, 0.25) is 10.0 Å². The molecule has 1 aliphatic carbocycles. The summed E-state index contributed by atoms with van der Waals surface area (Å²) in [5, 5.41) is 3.30. The van der Waals surface area contributed by atoms with E-state index in [1.54, 1.807) is 12.1 Å². The van der Waals surface area contributed by atoms with Crippen LogP contribution in [-0.4, -0.2) is 25.0 Å². The summed E-state index contributed by atoms with van der Waals surface area (Å²) in [6.07, 6.45) is -4.75.